The third-order valence-corrected chi connectivity index (χ3v) is 4.06. The number of hydrogen-bond acceptors (Lipinski definition) is 5. The summed E-state index contributed by atoms with van der Waals surface area (Å²) in [6, 6.07) is 6.75. The van der Waals surface area contributed by atoms with Gasteiger partial charge < -0.3 is 9.90 Å². The molecule has 15 heavy (non-hydrogen) atoms. The molecule has 2 aromatic rings. The first-order chi connectivity index (χ1) is 7.20. The molecule has 0 radical (unpaired) electrons. The molecule has 0 saturated carbocycles. The predicted molar refractivity (Wildman–Crippen MR) is 57.4 cm³/mol. The van der Waals surface area contributed by atoms with Crippen LogP contribution in [0.5, 0.6) is 0 Å². The summed E-state index contributed by atoms with van der Waals surface area (Å²) in [7, 11) is 0. The van der Waals surface area contributed by atoms with Gasteiger partial charge in [-0.15, -0.1) is 22.7 Å². The highest BCUT2D eigenvalue weighted by molar-refractivity contribution is 7.23. The van der Waals surface area contributed by atoms with Gasteiger partial charge in [0, 0.05) is 9.75 Å². The van der Waals surface area contributed by atoms with Crippen LogP contribution in [0.1, 0.15) is 19.3 Å². The predicted octanol–water partition coefficient (Wildman–Crippen LogP) is 1.65. The molecule has 0 fully saturated rings. The first kappa shape index (κ1) is 10.1. The molecule has 0 N–H and O–H groups in total. The van der Waals surface area contributed by atoms with E-state index in [4.69, 9.17) is 0 Å². The molecule has 3 nitrogen and oxygen atoms in total. The average Bonchev–Trinajstić information content (AvgIpc) is 2.86. The Morgan fingerprint density at radius 2 is 1.80 bits per heavy atom. The number of rotatable bonds is 3. The van der Waals surface area contributed by atoms with Gasteiger partial charge in [0.25, 0.3) is 0 Å². The minimum absolute atomic E-state index is 0.200. The highest BCUT2D eigenvalue weighted by Crippen LogP contribution is 2.32. The van der Waals surface area contributed by atoms with Crippen molar-refractivity contribution in [2.45, 2.75) is 0 Å². The van der Waals surface area contributed by atoms with Gasteiger partial charge in [-0.25, -0.2) is 0 Å². The van der Waals surface area contributed by atoms with E-state index in [-0.39, 0.29) is 4.88 Å². The zero-order valence-corrected chi connectivity index (χ0v) is 9.06. The van der Waals surface area contributed by atoms with Crippen molar-refractivity contribution >= 4 is 34.9 Å². The van der Waals surface area contributed by atoms with E-state index in [0.717, 1.165) is 27.4 Å². The molecular weight excluding hydrogens is 232 g/mol. The molecule has 0 atom stereocenters. The van der Waals surface area contributed by atoms with E-state index in [1.807, 2.05) is 0 Å². The zero-order valence-electron chi connectivity index (χ0n) is 7.43. The van der Waals surface area contributed by atoms with E-state index < -0.39 is 5.97 Å². The summed E-state index contributed by atoms with van der Waals surface area (Å²) >= 11 is 2.49. The maximum Gasteiger partial charge on any atom is 0.160 e. The number of carbonyl (C=O) groups excluding carboxylic acids is 2. The number of aromatic carboxylic acids is 1. The normalized spacial score (nSPS) is 10.1. The summed E-state index contributed by atoms with van der Waals surface area (Å²) in [5, 5.41) is 10.6. The third kappa shape index (κ3) is 1.98. The molecule has 2 aromatic heterocycles. The maximum atomic E-state index is 10.6. The van der Waals surface area contributed by atoms with Crippen molar-refractivity contribution in [3.05, 3.63) is 34.0 Å². The highest BCUT2D eigenvalue weighted by atomic mass is 32.1. The average molecular weight is 237 g/mol. The largest absolute Gasteiger partial charge is 0.544 e. The molecule has 0 aromatic carbocycles. The van der Waals surface area contributed by atoms with Crippen molar-refractivity contribution < 1.29 is 14.7 Å². The Balaban J connectivity index is 2.36. The van der Waals surface area contributed by atoms with Gasteiger partial charge in [-0.2, -0.15) is 0 Å². The fourth-order valence-corrected chi connectivity index (χ4v) is 2.88. The van der Waals surface area contributed by atoms with E-state index >= 15 is 0 Å². The summed E-state index contributed by atoms with van der Waals surface area (Å²) in [6.45, 7) is 0. The van der Waals surface area contributed by atoms with Crippen LogP contribution in [0.4, 0.5) is 0 Å². The van der Waals surface area contributed by atoms with Gasteiger partial charge in [0.15, 0.2) is 6.29 Å². The van der Waals surface area contributed by atoms with E-state index in [2.05, 4.69) is 0 Å². The van der Waals surface area contributed by atoms with Gasteiger partial charge in [0.1, 0.15) is 0 Å². The molecule has 0 aliphatic rings. The first-order valence-electron chi connectivity index (χ1n) is 4.07. The summed E-state index contributed by atoms with van der Waals surface area (Å²) in [5.41, 5.74) is 0. The molecule has 5 heteroatoms. The second kappa shape index (κ2) is 3.96. The molecule has 76 valence electrons. The summed E-state index contributed by atoms with van der Waals surface area (Å²) < 4.78 is 0. The quantitative estimate of drug-likeness (QED) is 0.763. The Kier molecular flexibility index (Phi) is 2.66. The second-order valence-electron chi connectivity index (χ2n) is 2.77. The summed E-state index contributed by atoms with van der Waals surface area (Å²) in [6.07, 6.45) is 0.779. The fraction of sp³-hybridized carbons (Fsp3) is 0. The van der Waals surface area contributed by atoms with Crippen LogP contribution in [-0.4, -0.2) is 12.3 Å². The molecule has 0 bridgehead atoms. The van der Waals surface area contributed by atoms with E-state index in [0.29, 0.717) is 4.88 Å². The lowest BCUT2D eigenvalue weighted by Crippen LogP contribution is -2.20. The van der Waals surface area contributed by atoms with Crippen LogP contribution in [0, 0.1) is 0 Å². The topological polar surface area (TPSA) is 57.2 Å². The molecule has 0 aliphatic carbocycles. The van der Waals surface area contributed by atoms with Crippen molar-refractivity contribution in [3.63, 3.8) is 0 Å². The Morgan fingerprint density at radius 3 is 2.33 bits per heavy atom. The van der Waals surface area contributed by atoms with Gasteiger partial charge in [-0.3, -0.25) is 4.79 Å². The van der Waals surface area contributed by atoms with E-state index in [1.54, 1.807) is 18.2 Å². The minimum Gasteiger partial charge on any atom is -0.544 e. The van der Waals surface area contributed by atoms with Crippen molar-refractivity contribution in [2.24, 2.45) is 0 Å². The third-order valence-electron chi connectivity index (χ3n) is 1.79. The number of hydrogen-bond donors (Lipinski definition) is 0. The second-order valence-corrected chi connectivity index (χ2v) is 4.97. The lowest BCUT2D eigenvalue weighted by Gasteiger charge is -1.93. The molecule has 0 spiro atoms. The van der Waals surface area contributed by atoms with Crippen LogP contribution in [-0.2, 0) is 0 Å². The van der Waals surface area contributed by atoms with E-state index in [1.165, 1.54) is 17.4 Å². The summed E-state index contributed by atoms with van der Waals surface area (Å²) in [5.74, 6) is -1.17. The molecule has 0 saturated heterocycles. The standard InChI is InChI=1S/C10H6O3S2/c11-5-6-1-2-7(14-6)8-3-4-9(15-8)10(12)13/h1-5H,(H,12,13)/p-1. The van der Waals surface area contributed by atoms with Crippen LogP contribution >= 0.6 is 22.7 Å². The number of aldehydes is 1. The van der Waals surface area contributed by atoms with E-state index in [9.17, 15) is 14.7 Å². The van der Waals surface area contributed by atoms with Crippen LogP contribution in [0.25, 0.3) is 9.75 Å². The highest BCUT2D eigenvalue weighted by Gasteiger charge is 2.06. The Labute approximate surface area is 93.6 Å². The van der Waals surface area contributed by atoms with Gasteiger partial charge in [-0.1, -0.05) is 0 Å². The SMILES string of the molecule is O=Cc1ccc(-c2ccc(C(=O)[O-])s2)s1. The monoisotopic (exact) mass is 237 g/mol. The van der Waals surface area contributed by atoms with Crippen molar-refractivity contribution in [2.75, 3.05) is 0 Å². The van der Waals surface area contributed by atoms with Crippen molar-refractivity contribution in [1.82, 2.24) is 0 Å². The Hall–Kier alpha value is -1.46. The van der Waals surface area contributed by atoms with Crippen LogP contribution < -0.4 is 5.11 Å². The fourth-order valence-electron chi connectivity index (χ4n) is 1.13. The zero-order chi connectivity index (χ0) is 10.8. The smallest absolute Gasteiger partial charge is 0.160 e. The van der Waals surface area contributed by atoms with Crippen LogP contribution in [0.15, 0.2) is 24.3 Å². The molecule has 0 unspecified atom stereocenters. The van der Waals surface area contributed by atoms with Gasteiger partial charge in [-0.05, 0) is 24.3 Å². The molecule has 0 amide bonds. The number of carboxylic acids is 1. The lowest BCUT2D eigenvalue weighted by atomic mass is 10.3. The van der Waals surface area contributed by atoms with Gasteiger partial charge >= 0.3 is 0 Å². The summed E-state index contributed by atoms with van der Waals surface area (Å²) in [4.78, 5) is 23.6. The van der Waals surface area contributed by atoms with Gasteiger partial charge in [0.05, 0.1) is 15.7 Å². The maximum absolute atomic E-state index is 10.6. The molecule has 2 heterocycles. The first-order valence-corrected chi connectivity index (χ1v) is 5.70. The van der Waals surface area contributed by atoms with Crippen LogP contribution in [0.3, 0.4) is 0 Å². The molecule has 2 rings (SSSR count). The number of carboxylic acid groups (broad SMARTS) is 1. The molecule has 0 aliphatic heterocycles. The Morgan fingerprint density at radius 1 is 1.13 bits per heavy atom. The Bertz CT molecular complexity index is 510. The number of thiophene rings is 2. The number of carbonyl (C=O) groups is 2. The lowest BCUT2D eigenvalue weighted by molar-refractivity contribution is -0.254. The van der Waals surface area contributed by atoms with Crippen LogP contribution in [0.2, 0.25) is 0 Å². The molecular formula is C10H5O3S2-. The van der Waals surface area contributed by atoms with Crippen molar-refractivity contribution in [3.8, 4) is 9.75 Å². The minimum atomic E-state index is -1.17. The van der Waals surface area contributed by atoms with Gasteiger partial charge in [0.2, 0.25) is 0 Å². The van der Waals surface area contributed by atoms with Crippen molar-refractivity contribution in [1.29, 1.82) is 0 Å².